The van der Waals surface area contributed by atoms with Gasteiger partial charge in [-0.2, -0.15) is 5.26 Å². The highest BCUT2D eigenvalue weighted by molar-refractivity contribution is 9.10. The molecule has 0 unspecified atom stereocenters. The van der Waals surface area contributed by atoms with Crippen LogP contribution in [0.5, 0.6) is 0 Å². The third-order valence-electron chi connectivity index (χ3n) is 2.46. The van der Waals surface area contributed by atoms with E-state index in [-0.39, 0.29) is 0 Å². The maximum absolute atomic E-state index is 9.07. The zero-order valence-corrected chi connectivity index (χ0v) is 10.6. The van der Waals surface area contributed by atoms with Gasteiger partial charge in [-0.3, -0.25) is 0 Å². The minimum atomic E-state index is -0.416. The van der Waals surface area contributed by atoms with Gasteiger partial charge in [0.1, 0.15) is 0 Å². The molecule has 74 valence electrons. The quantitative estimate of drug-likeness (QED) is 0.744. The second-order valence-electron chi connectivity index (χ2n) is 4.15. The van der Waals surface area contributed by atoms with Crippen LogP contribution in [0.1, 0.15) is 30.5 Å². The molecule has 0 aliphatic heterocycles. The Morgan fingerprint density at radius 3 is 2.29 bits per heavy atom. The Labute approximate surface area is 93.9 Å². The highest BCUT2D eigenvalue weighted by Gasteiger charge is 2.22. The summed E-state index contributed by atoms with van der Waals surface area (Å²) in [5.41, 5.74) is 3.06. The summed E-state index contributed by atoms with van der Waals surface area (Å²) in [6.45, 7) is 7.99. The van der Waals surface area contributed by atoms with E-state index < -0.39 is 5.41 Å². The molecule has 0 radical (unpaired) electrons. The summed E-state index contributed by atoms with van der Waals surface area (Å²) in [6.07, 6.45) is 0. The topological polar surface area (TPSA) is 23.8 Å². The average Bonchev–Trinajstić information content (AvgIpc) is 2.11. The summed E-state index contributed by atoms with van der Waals surface area (Å²) in [6, 6.07) is 6.48. The van der Waals surface area contributed by atoms with Gasteiger partial charge < -0.3 is 0 Å². The van der Waals surface area contributed by atoms with Crippen LogP contribution >= 0.6 is 15.9 Å². The molecule has 0 N–H and O–H groups in total. The highest BCUT2D eigenvalue weighted by atomic mass is 79.9. The van der Waals surface area contributed by atoms with Crippen LogP contribution in [0.15, 0.2) is 16.6 Å². The summed E-state index contributed by atoms with van der Waals surface area (Å²) in [4.78, 5) is 0. The van der Waals surface area contributed by atoms with Crippen molar-refractivity contribution in [1.29, 1.82) is 5.26 Å². The third-order valence-corrected chi connectivity index (χ3v) is 3.31. The fourth-order valence-corrected chi connectivity index (χ4v) is 1.90. The van der Waals surface area contributed by atoms with E-state index in [1.165, 1.54) is 11.1 Å². The summed E-state index contributed by atoms with van der Waals surface area (Å²) >= 11 is 3.49. The monoisotopic (exact) mass is 251 g/mol. The van der Waals surface area contributed by atoms with Gasteiger partial charge in [-0.25, -0.2) is 0 Å². The smallest absolute Gasteiger partial charge is 0.0769 e. The molecule has 0 saturated carbocycles. The molecule has 0 aliphatic carbocycles. The Kier molecular flexibility index (Phi) is 3.01. The number of halogens is 1. The summed E-state index contributed by atoms with van der Waals surface area (Å²) in [7, 11) is 0. The second kappa shape index (κ2) is 3.74. The van der Waals surface area contributed by atoms with Crippen LogP contribution in [0.3, 0.4) is 0 Å². The fraction of sp³-hybridized carbons (Fsp3) is 0.417. The Hall–Kier alpha value is -0.810. The summed E-state index contributed by atoms with van der Waals surface area (Å²) in [5, 5.41) is 9.07. The number of nitriles is 1. The minimum Gasteiger partial charge on any atom is -0.197 e. The minimum absolute atomic E-state index is 0.416. The maximum atomic E-state index is 9.07. The van der Waals surface area contributed by atoms with Crippen LogP contribution in [-0.2, 0) is 5.41 Å². The first-order valence-corrected chi connectivity index (χ1v) is 5.36. The standard InChI is InChI=1S/C12H14BrN/c1-8-5-9(2)11(13)6-10(8)12(3,4)7-14/h5-6H,1-4H3. The van der Waals surface area contributed by atoms with Crippen molar-refractivity contribution in [3.05, 3.63) is 33.3 Å². The Morgan fingerprint density at radius 2 is 1.79 bits per heavy atom. The van der Waals surface area contributed by atoms with Crippen molar-refractivity contribution < 1.29 is 0 Å². The average molecular weight is 252 g/mol. The van der Waals surface area contributed by atoms with Crippen molar-refractivity contribution in [1.82, 2.24) is 0 Å². The molecule has 0 fully saturated rings. The van der Waals surface area contributed by atoms with Crippen LogP contribution in [0.4, 0.5) is 0 Å². The second-order valence-corrected chi connectivity index (χ2v) is 5.01. The maximum Gasteiger partial charge on any atom is 0.0769 e. The van der Waals surface area contributed by atoms with Crippen molar-refractivity contribution in [2.24, 2.45) is 0 Å². The van der Waals surface area contributed by atoms with Gasteiger partial charge in [0.2, 0.25) is 0 Å². The van der Waals surface area contributed by atoms with E-state index in [4.69, 9.17) is 5.26 Å². The zero-order valence-electron chi connectivity index (χ0n) is 8.98. The molecule has 0 bridgehead atoms. The molecular weight excluding hydrogens is 238 g/mol. The normalized spacial score (nSPS) is 11.1. The number of aryl methyl sites for hydroxylation is 2. The summed E-state index contributed by atoms with van der Waals surface area (Å²) in [5.74, 6) is 0. The van der Waals surface area contributed by atoms with Gasteiger partial charge in [-0.1, -0.05) is 22.0 Å². The molecule has 0 amide bonds. The van der Waals surface area contributed by atoms with Gasteiger partial charge in [0.15, 0.2) is 0 Å². The van der Waals surface area contributed by atoms with Crippen molar-refractivity contribution in [3.8, 4) is 6.07 Å². The molecule has 0 heterocycles. The lowest BCUT2D eigenvalue weighted by Gasteiger charge is -2.19. The van der Waals surface area contributed by atoms with Crippen molar-refractivity contribution in [2.45, 2.75) is 33.1 Å². The van der Waals surface area contributed by atoms with E-state index in [0.717, 1.165) is 10.0 Å². The van der Waals surface area contributed by atoms with E-state index in [2.05, 4.69) is 35.0 Å². The first-order valence-electron chi connectivity index (χ1n) is 4.57. The van der Waals surface area contributed by atoms with Gasteiger partial charge in [0, 0.05) is 4.47 Å². The number of nitrogens with zero attached hydrogens (tertiary/aromatic N) is 1. The largest absolute Gasteiger partial charge is 0.197 e. The van der Waals surface area contributed by atoms with Crippen LogP contribution in [-0.4, -0.2) is 0 Å². The first kappa shape index (κ1) is 11.3. The molecule has 0 spiro atoms. The lowest BCUT2D eigenvalue weighted by atomic mass is 9.83. The molecule has 14 heavy (non-hydrogen) atoms. The first-order chi connectivity index (χ1) is 6.38. The highest BCUT2D eigenvalue weighted by Crippen LogP contribution is 2.30. The Morgan fingerprint density at radius 1 is 1.21 bits per heavy atom. The number of hydrogen-bond donors (Lipinski definition) is 0. The van der Waals surface area contributed by atoms with Crippen LogP contribution in [0, 0.1) is 25.2 Å². The SMILES string of the molecule is Cc1cc(C)c(C(C)(C)C#N)cc1Br. The predicted molar refractivity (Wildman–Crippen MR) is 62.3 cm³/mol. The number of rotatable bonds is 1. The van der Waals surface area contributed by atoms with E-state index in [1.807, 2.05) is 26.8 Å². The van der Waals surface area contributed by atoms with Crippen molar-refractivity contribution >= 4 is 15.9 Å². The molecule has 0 aliphatic rings. The lowest BCUT2D eigenvalue weighted by Crippen LogP contribution is -2.15. The van der Waals surface area contributed by atoms with Gasteiger partial charge >= 0.3 is 0 Å². The molecule has 1 aromatic carbocycles. The fourth-order valence-electron chi connectivity index (χ4n) is 1.56. The lowest BCUT2D eigenvalue weighted by molar-refractivity contribution is 0.680. The molecule has 0 atom stereocenters. The predicted octanol–water partition coefficient (Wildman–Crippen LogP) is 3.87. The van der Waals surface area contributed by atoms with Gasteiger partial charge in [-0.15, -0.1) is 0 Å². The van der Waals surface area contributed by atoms with E-state index in [1.54, 1.807) is 0 Å². The molecule has 0 saturated heterocycles. The Bertz CT molecular complexity index is 400. The van der Waals surface area contributed by atoms with Gasteiger partial charge in [0.25, 0.3) is 0 Å². The van der Waals surface area contributed by atoms with Gasteiger partial charge in [0.05, 0.1) is 11.5 Å². The number of hydrogen-bond acceptors (Lipinski definition) is 1. The van der Waals surface area contributed by atoms with Gasteiger partial charge in [-0.05, 0) is 50.5 Å². The molecule has 1 nitrogen and oxygen atoms in total. The Balaban J connectivity index is 3.38. The zero-order chi connectivity index (χ0) is 10.9. The molecule has 1 aromatic rings. The van der Waals surface area contributed by atoms with Crippen LogP contribution in [0.2, 0.25) is 0 Å². The van der Waals surface area contributed by atoms with Crippen LogP contribution < -0.4 is 0 Å². The molecular formula is C12H14BrN. The van der Waals surface area contributed by atoms with Crippen LogP contribution in [0.25, 0.3) is 0 Å². The van der Waals surface area contributed by atoms with E-state index in [0.29, 0.717) is 0 Å². The van der Waals surface area contributed by atoms with Crippen molar-refractivity contribution in [2.75, 3.05) is 0 Å². The third kappa shape index (κ3) is 1.99. The summed E-state index contributed by atoms with van der Waals surface area (Å²) < 4.78 is 1.07. The van der Waals surface area contributed by atoms with E-state index >= 15 is 0 Å². The number of benzene rings is 1. The van der Waals surface area contributed by atoms with Crippen molar-refractivity contribution in [3.63, 3.8) is 0 Å². The molecule has 1 rings (SSSR count). The van der Waals surface area contributed by atoms with E-state index in [9.17, 15) is 0 Å². The molecule has 0 aromatic heterocycles. The molecule has 2 heteroatoms.